The summed E-state index contributed by atoms with van der Waals surface area (Å²) in [5.74, 6) is -0.0753. The van der Waals surface area contributed by atoms with Crippen molar-refractivity contribution in [2.45, 2.75) is 31.7 Å². The lowest BCUT2D eigenvalue weighted by molar-refractivity contribution is 0.0996. The second-order valence-corrected chi connectivity index (χ2v) is 7.43. The van der Waals surface area contributed by atoms with E-state index in [4.69, 9.17) is 4.42 Å². The molecule has 0 radical (unpaired) electrons. The third kappa shape index (κ3) is 4.36. The summed E-state index contributed by atoms with van der Waals surface area (Å²) in [4.78, 5) is 29.3. The number of furan rings is 1. The largest absolute Gasteiger partial charge is 0.459 e. The zero-order chi connectivity index (χ0) is 19.3. The molecule has 3 amide bonds. The van der Waals surface area contributed by atoms with Crippen LogP contribution in [0.2, 0.25) is 0 Å². The SMILES string of the molecule is O=C(Nc1cccc(NC(=O)N2CCC[C@H](N3CCCC3)C2)c1)c1ccco1. The van der Waals surface area contributed by atoms with Gasteiger partial charge in [0.15, 0.2) is 5.76 Å². The van der Waals surface area contributed by atoms with E-state index in [-0.39, 0.29) is 17.7 Å². The van der Waals surface area contributed by atoms with Crippen molar-refractivity contribution in [1.29, 1.82) is 0 Å². The minimum absolute atomic E-state index is 0.0848. The minimum atomic E-state index is -0.321. The van der Waals surface area contributed by atoms with Gasteiger partial charge in [-0.05, 0) is 69.1 Å². The predicted molar refractivity (Wildman–Crippen MR) is 108 cm³/mol. The van der Waals surface area contributed by atoms with Crippen molar-refractivity contribution >= 4 is 23.3 Å². The van der Waals surface area contributed by atoms with Gasteiger partial charge < -0.3 is 20.0 Å². The summed E-state index contributed by atoms with van der Waals surface area (Å²) in [5, 5.41) is 5.74. The number of carbonyl (C=O) groups excluding carboxylic acids is 2. The summed E-state index contributed by atoms with van der Waals surface area (Å²) in [6.07, 6.45) is 6.18. The molecule has 0 spiro atoms. The topological polar surface area (TPSA) is 77.8 Å². The van der Waals surface area contributed by atoms with Crippen molar-refractivity contribution < 1.29 is 14.0 Å². The van der Waals surface area contributed by atoms with Crippen LogP contribution in [0.4, 0.5) is 16.2 Å². The molecule has 0 aliphatic carbocycles. The Labute approximate surface area is 164 Å². The molecule has 1 aromatic heterocycles. The van der Waals surface area contributed by atoms with E-state index in [0.29, 0.717) is 17.4 Å². The van der Waals surface area contributed by atoms with E-state index in [9.17, 15) is 9.59 Å². The summed E-state index contributed by atoms with van der Waals surface area (Å²) in [6, 6.07) is 10.8. The second kappa shape index (κ2) is 8.48. The number of carbonyl (C=O) groups is 2. The van der Waals surface area contributed by atoms with E-state index in [1.807, 2.05) is 11.0 Å². The first-order valence-corrected chi connectivity index (χ1v) is 9.94. The standard InChI is InChI=1S/C21H26N4O3/c26-20(19-9-5-13-28-19)22-16-6-3-7-17(14-16)23-21(27)25-12-4-8-18(15-25)24-10-1-2-11-24/h3,5-7,9,13-14,18H,1-2,4,8,10-12,15H2,(H,22,26)(H,23,27)/t18-/m0/s1. The Bertz CT molecular complexity index is 815. The molecular formula is C21H26N4O3. The van der Waals surface area contributed by atoms with Gasteiger partial charge in [0, 0.05) is 30.5 Å². The van der Waals surface area contributed by atoms with E-state index in [2.05, 4.69) is 15.5 Å². The Hall–Kier alpha value is -2.80. The molecule has 0 saturated carbocycles. The van der Waals surface area contributed by atoms with E-state index in [1.165, 1.54) is 19.1 Å². The minimum Gasteiger partial charge on any atom is -0.459 e. The maximum absolute atomic E-state index is 12.7. The highest BCUT2D eigenvalue weighted by atomic mass is 16.3. The first kappa shape index (κ1) is 18.6. The lowest BCUT2D eigenvalue weighted by Crippen LogP contribution is -2.50. The fraction of sp³-hybridized carbons (Fsp3) is 0.429. The van der Waals surface area contributed by atoms with E-state index in [1.54, 1.807) is 30.3 Å². The average Bonchev–Trinajstić information content (AvgIpc) is 3.42. The Morgan fingerprint density at radius 3 is 2.50 bits per heavy atom. The van der Waals surface area contributed by atoms with Crippen LogP contribution < -0.4 is 10.6 Å². The molecule has 2 saturated heterocycles. The van der Waals surface area contributed by atoms with Gasteiger partial charge in [0.25, 0.3) is 5.91 Å². The van der Waals surface area contributed by atoms with Gasteiger partial charge >= 0.3 is 6.03 Å². The number of rotatable bonds is 4. The summed E-state index contributed by atoms with van der Waals surface area (Å²) in [7, 11) is 0. The summed E-state index contributed by atoms with van der Waals surface area (Å²) < 4.78 is 5.10. The van der Waals surface area contributed by atoms with Gasteiger partial charge in [-0.2, -0.15) is 0 Å². The zero-order valence-electron chi connectivity index (χ0n) is 15.9. The molecular weight excluding hydrogens is 356 g/mol. The molecule has 28 heavy (non-hydrogen) atoms. The quantitative estimate of drug-likeness (QED) is 0.847. The van der Waals surface area contributed by atoms with Crippen LogP contribution in [0, 0.1) is 0 Å². The Kier molecular flexibility index (Phi) is 5.62. The first-order valence-electron chi connectivity index (χ1n) is 9.94. The van der Waals surface area contributed by atoms with Crippen LogP contribution in [-0.2, 0) is 0 Å². The summed E-state index contributed by atoms with van der Waals surface area (Å²) in [5.41, 5.74) is 1.26. The molecule has 0 unspecified atom stereocenters. The van der Waals surface area contributed by atoms with Gasteiger partial charge in [0.2, 0.25) is 0 Å². The van der Waals surface area contributed by atoms with E-state index in [0.717, 1.165) is 39.0 Å². The molecule has 2 N–H and O–H groups in total. The van der Waals surface area contributed by atoms with Crippen molar-refractivity contribution in [3.8, 4) is 0 Å². The average molecular weight is 382 g/mol. The lowest BCUT2D eigenvalue weighted by atomic mass is 10.0. The van der Waals surface area contributed by atoms with Gasteiger partial charge in [-0.25, -0.2) is 4.79 Å². The molecule has 4 rings (SSSR count). The van der Waals surface area contributed by atoms with Gasteiger partial charge in [0.05, 0.1) is 6.26 Å². The number of piperidine rings is 1. The summed E-state index contributed by atoms with van der Waals surface area (Å²) >= 11 is 0. The number of benzene rings is 1. The van der Waals surface area contributed by atoms with Crippen LogP contribution in [0.5, 0.6) is 0 Å². The Morgan fingerprint density at radius 1 is 0.964 bits per heavy atom. The molecule has 1 aromatic carbocycles. The molecule has 2 aliphatic rings. The first-order chi connectivity index (χ1) is 13.7. The number of anilines is 2. The van der Waals surface area contributed by atoms with Gasteiger partial charge in [-0.3, -0.25) is 9.69 Å². The maximum Gasteiger partial charge on any atom is 0.321 e. The van der Waals surface area contributed by atoms with Crippen LogP contribution in [0.15, 0.2) is 47.1 Å². The fourth-order valence-corrected chi connectivity index (χ4v) is 4.02. The smallest absolute Gasteiger partial charge is 0.321 e. The number of hydrogen-bond donors (Lipinski definition) is 2. The van der Waals surface area contributed by atoms with Crippen molar-refractivity contribution in [2.75, 3.05) is 36.8 Å². The lowest BCUT2D eigenvalue weighted by Gasteiger charge is -2.37. The number of amides is 3. The van der Waals surface area contributed by atoms with Gasteiger partial charge in [-0.1, -0.05) is 6.07 Å². The molecule has 148 valence electrons. The third-order valence-corrected chi connectivity index (χ3v) is 5.46. The van der Waals surface area contributed by atoms with Crippen LogP contribution in [0.1, 0.15) is 36.2 Å². The van der Waals surface area contributed by atoms with Crippen molar-refractivity contribution in [2.24, 2.45) is 0 Å². The maximum atomic E-state index is 12.7. The fourth-order valence-electron chi connectivity index (χ4n) is 4.02. The number of likely N-dealkylation sites (tertiary alicyclic amines) is 2. The van der Waals surface area contributed by atoms with Crippen LogP contribution in [0.25, 0.3) is 0 Å². The van der Waals surface area contributed by atoms with Crippen LogP contribution in [0.3, 0.4) is 0 Å². The normalized spacial score (nSPS) is 20.1. The number of urea groups is 1. The van der Waals surface area contributed by atoms with E-state index < -0.39 is 0 Å². The third-order valence-electron chi connectivity index (χ3n) is 5.46. The zero-order valence-corrected chi connectivity index (χ0v) is 15.9. The molecule has 7 nitrogen and oxygen atoms in total. The highest BCUT2D eigenvalue weighted by molar-refractivity contribution is 6.02. The molecule has 3 heterocycles. The molecule has 1 atom stereocenters. The summed E-state index contributed by atoms with van der Waals surface area (Å²) in [6.45, 7) is 3.86. The second-order valence-electron chi connectivity index (χ2n) is 7.43. The Morgan fingerprint density at radius 2 is 1.75 bits per heavy atom. The molecule has 2 fully saturated rings. The molecule has 7 heteroatoms. The number of hydrogen-bond acceptors (Lipinski definition) is 4. The predicted octanol–water partition coefficient (Wildman–Crippen LogP) is 3.62. The van der Waals surface area contributed by atoms with Gasteiger partial charge in [0.1, 0.15) is 0 Å². The van der Waals surface area contributed by atoms with Crippen molar-refractivity contribution in [1.82, 2.24) is 9.80 Å². The van der Waals surface area contributed by atoms with Crippen LogP contribution in [-0.4, -0.2) is 54.0 Å². The highest BCUT2D eigenvalue weighted by Gasteiger charge is 2.29. The number of nitrogens with zero attached hydrogens (tertiary/aromatic N) is 2. The molecule has 2 aliphatic heterocycles. The number of nitrogens with one attached hydrogen (secondary N) is 2. The van der Waals surface area contributed by atoms with Crippen molar-refractivity contribution in [3.05, 3.63) is 48.4 Å². The van der Waals surface area contributed by atoms with Gasteiger partial charge in [-0.15, -0.1) is 0 Å². The molecule has 2 aromatic rings. The monoisotopic (exact) mass is 382 g/mol. The van der Waals surface area contributed by atoms with Crippen molar-refractivity contribution in [3.63, 3.8) is 0 Å². The Balaban J connectivity index is 1.35. The highest BCUT2D eigenvalue weighted by Crippen LogP contribution is 2.22. The van der Waals surface area contributed by atoms with E-state index >= 15 is 0 Å². The molecule has 0 bridgehead atoms. The van der Waals surface area contributed by atoms with Crippen LogP contribution >= 0.6 is 0 Å².